The number of esters is 1. The number of benzene rings is 2. The Bertz CT molecular complexity index is 1320. The fourth-order valence-corrected chi connectivity index (χ4v) is 6.32. The van der Waals surface area contributed by atoms with Gasteiger partial charge in [-0.15, -0.1) is 0 Å². The van der Waals surface area contributed by atoms with Crippen LogP contribution in [0.4, 0.5) is 4.39 Å². The van der Waals surface area contributed by atoms with Gasteiger partial charge in [0.05, 0.1) is 30.3 Å². The van der Waals surface area contributed by atoms with E-state index in [0.717, 1.165) is 32.5 Å². The molecule has 0 bridgehead atoms. The molecule has 204 valence electrons. The van der Waals surface area contributed by atoms with Crippen LogP contribution in [0.1, 0.15) is 50.3 Å². The van der Waals surface area contributed by atoms with E-state index < -0.39 is 17.8 Å². The van der Waals surface area contributed by atoms with Crippen molar-refractivity contribution in [2.24, 2.45) is 4.99 Å². The van der Waals surface area contributed by atoms with E-state index in [9.17, 15) is 9.59 Å². The summed E-state index contributed by atoms with van der Waals surface area (Å²) in [6.07, 6.45) is 1.88. The van der Waals surface area contributed by atoms with Gasteiger partial charge in [0.1, 0.15) is 5.82 Å². The molecule has 3 aliphatic heterocycles. The van der Waals surface area contributed by atoms with Gasteiger partial charge in [-0.25, -0.2) is 14.2 Å². The summed E-state index contributed by atoms with van der Waals surface area (Å²) in [5, 5.41) is 5.68. The van der Waals surface area contributed by atoms with Crippen molar-refractivity contribution in [3.05, 3.63) is 93.9 Å². The van der Waals surface area contributed by atoms with Crippen molar-refractivity contribution < 1.29 is 18.7 Å². The van der Waals surface area contributed by atoms with Crippen molar-refractivity contribution in [1.29, 1.82) is 0 Å². The van der Waals surface area contributed by atoms with Crippen molar-refractivity contribution >= 4 is 28.8 Å². The Morgan fingerprint density at radius 2 is 1.82 bits per heavy atom. The lowest BCUT2D eigenvalue weighted by molar-refractivity contribution is -0.139. The number of fused-ring (bicyclic) bond motifs is 1. The van der Waals surface area contributed by atoms with Crippen LogP contribution < -0.4 is 5.32 Å². The molecule has 3 heterocycles. The number of nitrogens with one attached hydrogen (secondary N) is 1. The van der Waals surface area contributed by atoms with Crippen molar-refractivity contribution in [3.8, 4) is 0 Å². The first kappa shape index (κ1) is 27.1. The Labute approximate surface area is 232 Å². The van der Waals surface area contributed by atoms with Gasteiger partial charge in [0.15, 0.2) is 5.17 Å². The Morgan fingerprint density at radius 1 is 1.10 bits per heavy atom. The van der Waals surface area contributed by atoms with E-state index in [2.05, 4.69) is 39.5 Å². The van der Waals surface area contributed by atoms with Gasteiger partial charge in [-0.3, -0.25) is 9.69 Å². The third kappa shape index (κ3) is 6.09. The number of amidine groups is 1. The van der Waals surface area contributed by atoms with Crippen LogP contribution in [0.5, 0.6) is 0 Å². The van der Waals surface area contributed by atoms with Gasteiger partial charge in [0, 0.05) is 36.9 Å². The summed E-state index contributed by atoms with van der Waals surface area (Å²) in [6, 6.07) is 16.1. The number of nitrogens with zero attached hydrogens (tertiary/aromatic N) is 3. The van der Waals surface area contributed by atoms with E-state index in [4.69, 9.17) is 4.74 Å². The number of carbonyl (C=O) groups excluding carboxylic acids is 2. The number of allylic oxidation sites excluding steroid dienone is 1. The average Bonchev–Trinajstić information content (AvgIpc) is 3.31. The zero-order chi connectivity index (χ0) is 27.4. The van der Waals surface area contributed by atoms with Crippen LogP contribution in [0.2, 0.25) is 0 Å². The van der Waals surface area contributed by atoms with E-state index in [1.54, 1.807) is 32.0 Å². The molecule has 0 saturated carbocycles. The van der Waals surface area contributed by atoms with Gasteiger partial charge in [-0.05, 0) is 43.7 Å². The molecule has 1 saturated heterocycles. The summed E-state index contributed by atoms with van der Waals surface area (Å²) in [6.45, 7) is 6.42. The maximum atomic E-state index is 15.1. The summed E-state index contributed by atoms with van der Waals surface area (Å²) in [4.78, 5) is 35.0. The third-order valence-electron chi connectivity index (χ3n) is 7.24. The quantitative estimate of drug-likeness (QED) is 0.461. The zero-order valence-electron chi connectivity index (χ0n) is 22.2. The minimum Gasteiger partial charge on any atom is -0.463 e. The lowest BCUT2D eigenvalue weighted by Gasteiger charge is -2.36. The zero-order valence-corrected chi connectivity index (χ0v) is 23.0. The highest BCUT2D eigenvalue weighted by Gasteiger charge is 2.42. The number of amides is 1. The van der Waals surface area contributed by atoms with Gasteiger partial charge < -0.3 is 15.0 Å². The largest absolute Gasteiger partial charge is 0.463 e. The molecule has 0 radical (unpaired) electrons. The maximum Gasteiger partial charge on any atom is 0.338 e. The van der Waals surface area contributed by atoms with E-state index in [1.165, 1.54) is 23.4 Å². The van der Waals surface area contributed by atoms with E-state index in [-0.39, 0.29) is 30.5 Å². The molecule has 1 atom stereocenters. The van der Waals surface area contributed by atoms with Crippen LogP contribution >= 0.6 is 11.8 Å². The molecule has 9 heteroatoms. The second kappa shape index (κ2) is 12.2. The van der Waals surface area contributed by atoms with Gasteiger partial charge in [0.2, 0.25) is 5.91 Å². The molecule has 7 nitrogen and oxygen atoms in total. The summed E-state index contributed by atoms with van der Waals surface area (Å²) in [5.41, 5.74) is 3.08. The highest BCUT2D eigenvalue weighted by Crippen LogP contribution is 2.45. The van der Waals surface area contributed by atoms with Crippen LogP contribution in [-0.4, -0.2) is 52.6 Å². The molecule has 1 N–H and O–H groups in total. The fraction of sp³-hybridized carbons (Fsp3) is 0.367. The number of likely N-dealkylation sites (tertiary alicyclic amines) is 1. The second-order valence-electron chi connectivity index (χ2n) is 9.92. The maximum absolute atomic E-state index is 15.1. The third-order valence-corrected chi connectivity index (χ3v) is 8.13. The van der Waals surface area contributed by atoms with E-state index in [0.29, 0.717) is 22.1 Å². The Hall–Kier alpha value is -3.43. The lowest BCUT2D eigenvalue weighted by Crippen LogP contribution is -2.45. The topological polar surface area (TPSA) is 74.2 Å². The van der Waals surface area contributed by atoms with Crippen molar-refractivity contribution in [1.82, 2.24) is 15.1 Å². The summed E-state index contributed by atoms with van der Waals surface area (Å²) < 4.78 is 20.4. The first-order valence-electron chi connectivity index (χ1n) is 13.4. The van der Waals surface area contributed by atoms with Crippen LogP contribution in [0.15, 0.2) is 82.0 Å². The first-order valence-corrected chi connectivity index (χ1v) is 14.2. The highest BCUT2D eigenvalue weighted by atomic mass is 32.2. The van der Waals surface area contributed by atoms with Crippen LogP contribution in [-0.2, 0) is 20.9 Å². The van der Waals surface area contributed by atoms with E-state index in [1.807, 2.05) is 16.4 Å². The summed E-state index contributed by atoms with van der Waals surface area (Å²) >= 11 is 1.38. The van der Waals surface area contributed by atoms with Crippen LogP contribution in [0.3, 0.4) is 0 Å². The second-order valence-corrected chi connectivity index (χ2v) is 10.8. The molecule has 2 aromatic carbocycles. The van der Waals surface area contributed by atoms with Crippen LogP contribution in [0, 0.1) is 5.82 Å². The Balaban J connectivity index is 1.27. The molecular formula is C30H33FN4O3S. The molecule has 0 aromatic heterocycles. The Kier molecular flexibility index (Phi) is 8.47. The number of piperidine rings is 1. The standard InChI is InChI=1S/C30H33FN4O3S/c1-3-38-29(37)27-20(2)32-30-35(28(27)24-11-7-8-12-25(24)31)23(19-39-30)17-26(36)33-22-13-15-34(16-14-22)18-21-9-5-4-6-10-21/h4-12,19,22,28H,3,13-18H2,1-2H3,(H,33,36)/t28-/m0/s1. The molecule has 1 amide bonds. The van der Waals surface area contributed by atoms with Crippen LogP contribution in [0.25, 0.3) is 0 Å². The van der Waals surface area contributed by atoms with Gasteiger partial charge in [-0.1, -0.05) is 60.3 Å². The predicted molar refractivity (Wildman–Crippen MR) is 151 cm³/mol. The number of hydrogen-bond donors (Lipinski definition) is 1. The normalized spacial score (nSPS) is 19.9. The van der Waals surface area contributed by atoms with Crippen molar-refractivity contribution in [2.45, 2.75) is 51.7 Å². The number of aliphatic imine (C=N–C) groups is 1. The first-order chi connectivity index (χ1) is 18.9. The number of rotatable bonds is 8. The Morgan fingerprint density at radius 3 is 2.54 bits per heavy atom. The summed E-state index contributed by atoms with van der Waals surface area (Å²) in [5.74, 6) is -1.06. The molecule has 2 aromatic rings. The van der Waals surface area contributed by atoms with Gasteiger partial charge in [0.25, 0.3) is 0 Å². The SMILES string of the molecule is CCOC(=O)C1=C(C)N=C2SC=C(CC(=O)NC3CCN(Cc4ccccc4)CC3)N2[C@H]1c1ccccc1F. The predicted octanol–water partition coefficient (Wildman–Crippen LogP) is 5.13. The minimum atomic E-state index is -0.770. The lowest BCUT2D eigenvalue weighted by atomic mass is 9.93. The molecule has 0 spiro atoms. The van der Waals surface area contributed by atoms with Gasteiger partial charge in [-0.2, -0.15) is 0 Å². The average molecular weight is 549 g/mol. The number of hydrogen-bond acceptors (Lipinski definition) is 7. The number of ether oxygens (including phenoxy) is 1. The fourth-order valence-electron chi connectivity index (χ4n) is 5.35. The number of halogens is 1. The molecule has 39 heavy (non-hydrogen) atoms. The molecule has 5 rings (SSSR count). The highest BCUT2D eigenvalue weighted by molar-refractivity contribution is 8.16. The molecule has 0 aliphatic carbocycles. The molecular weight excluding hydrogens is 515 g/mol. The van der Waals surface area contributed by atoms with Crippen molar-refractivity contribution in [2.75, 3.05) is 19.7 Å². The molecule has 3 aliphatic rings. The molecule has 1 fully saturated rings. The monoisotopic (exact) mass is 548 g/mol. The van der Waals surface area contributed by atoms with Crippen molar-refractivity contribution in [3.63, 3.8) is 0 Å². The minimum absolute atomic E-state index is 0.0964. The number of carbonyl (C=O) groups is 2. The smallest absolute Gasteiger partial charge is 0.338 e. The van der Waals surface area contributed by atoms with Gasteiger partial charge >= 0.3 is 5.97 Å². The molecule has 0 unspecified atom stereocenters. The van der Waals surface area contributed by atoms with E-state index >= 15 is 4.39 Å². The number of thioether (sulfide) groups is 1. The summed E-state index contributed by atoms with van der Waals surface area (Å²) in [7, 11) is 0.